The number of nitrogens with zero attached hydrogens (tertiary/aromatic N) is 1. The maximum Gasteiger partial charge on any atom is 0.323 e. The van der Waals surface area contributed by atoms with E-state index >= 15 is 0 Å². The number of likely N-dealkylation sites (tertiary alicyclic amines) is 1. The van der Waals surface area contributed by atoms with E-state index in [9.17, 15) is 4.79 Å². The van der Waals surface area contributed by atoms with Crippen molar-refractivity contribution in [3.05, 3.63) is 0 Å². The van der Waals surface area contributed by atoms with E-state index in [0.29, 0.717) is 18.6 Å². The minimum atomic E-state index is -0.134. The van der Waals surface area contributed by atoms with E-state index in [2.05, 4.69) is 31.1 Å². The maximum absolute atomic E-state index is 11.9. The van der Waals surface area contributed by atoms with Gasteiger partial charge in [0.15, 0.2) is 0 Å². The first-order valence-corrected chi connectivity index (χ1v) is 7.19. The molecule has 4 heteroatoms. The summed E-state index contributed by atoms with van der Waals surface area (Å²) in [5.41, 5.74) is 0. The number of rotatable bonds is 6. The molecule has 1 saturated heterocycles. The number of carbonyl (C=O) groups is 1. The van der Waals surface area contributed by atoms with Crippen LogP contribution in [0.4, 0.5) is 0 Å². The van der Waals surface area contributed by atoms with Crippen molar-refractivity contribution in [3.8, 4) is 0 Å². The van der Waals surface area contributed by atoms with Gasteiger partial charge < -0.3 is 15.0 Å². The molecule has 4 nitrogen and oxygen atoms in total. The molecule has 1 heterocycles. The first kappa shape index (κ1) is 15.4. The highest BCUT2D eigenvalue weighted by Gasteiger charge is 2.28. The van der Waals surface area contributed by atoms with Crippen LogP contribution in [-0.2, 0) is 9.53 Å². The van der Waals surface area contributed by atoms with Crippen molar-refractivity contribution in [3.63, 3.8) is 0 Å². The summed E-state index contributed by atoms with van der Waals surface area (Å²) in [6.07, 6.45) is 2.96. The Kier molecular flexibility index (Phi) is 6.65. The lowest BCUT2D eigenvalue weighted by molar-refractivity contribution is -0.146. The number of nitrogens with one attached hydrogen (secondary N) is 1. The van der Waals surface area contributed by atoms with Gasteiger partial charge in [-0.2, -0.15) is 0 Å². The van der Waals surface area contributed by atoms with Crippen LogP contribution in [0.15, 0.2) is 0 Å². The molecule has 106 valence electrons. The molecule has 1 rings (SSSR count). The Labute approximate surface area is 111 Å². The van der Waals surface area contributed by atoms with E-state index in [1.165, 1.54) is 0 Å². The fourth-order valence-corrected chi connectivity index (χ4v) is 2.66. The highest BCUT2D eigenvalue weighted by atomic mass is 16.5. The Hall–Kier alpha value is -0.610. The Balaban J connectivity index is 2.51. The molecule has 0 aliphatic carbocycles. The monoisotopic (exact) mass is 256 g/mol. The Morgan fingerprint density at radius 2 is 2.22 bits per heavy atom. The fourth-order valence-electron chi connectivity index (χ4n) is 2.66. The third-order valence-corrected chi connectivity index (χ3v) is 3.67. The fraction of sp³-hybridized carbons (Fsp3) is 0.929. The van der Waals surface area contributed by atoms with Gasteiger partial charge >= 0.3 is 5.97 Å². The van der Waals surface area contributed by atoms with E-state index in [0.717, 1.165) is 32.4 Å². The molecular weight excluding hydrogens is 228 g/mol. The van der Waals surface area contributed by atoms with Crippen LogP contribution in [0.2, 0.25) is 0 Å². The van der Waals surface area contributed by atoms with Crippen molar-refractivity contribution >= 4 is 5.97 Å². The molecule has 0 spiro atoms. The van der Waals surface area contributed by atoms with E-state index in [1.54, 1.807) is 0 Å². The summed E-state index contributed by atoms with van der Waals surface area (Å²) >= 11 is 0. The molecule has 18 heavy (non-hydrogen) atoms. The SMILES string of the molecule is CCCC(NC1CCN(C)CC1C)C(=O)OCC. The number of piperidine rings is 1. The van der Waals surface area contributed by atoms with Crippen LogP contribution in [0.3, 0.4) is 0 Å². The third-order valence-electron chi connectivity index (χ3n) is 3.67. The summed E-state index contributed by atoms with van der Waals surface area (Å²) in [6.45, 7) is 8.87. The van der Waals surface area contributed by atoms with Gasteiger partial charge in [-0.1, -0.05) is 20.3 Å². The second-order valence-electron chi connectivity index (χ2n) is 5.39. The summed E-state index contributed by atoms with van der Waals surface area (Å²) in [6, 6.07) is 0.299. The summed E-state index contributed by atoms with van der Waals surface area (Å²) < 4.78 is 5.14. The molecule has 0 aromatic heterocycles. The average molecular weight is 256 g/mol. The Morgan fingerprint density at radius 1 is 1.50 bits per heavy atom. The normalized spacial score (nSPS) is 26.9. The zero-order valence-electron chi connectivity index (χ0n) is 12.2. The molecule has 0 bridgehead atoms. The van der Waals surface area contributed by atoms with Crippen LogP contribution in [0.1, 0.15) is 40.0 Å². The lowest BCUT2D eigenvalue weighted by Crippen LogP contribution is -2.52. The molecule has 0 aromatic carbocycles. The summed E-state index contributed by atoms with van der Waals surface area (Å²) in [5, 5.41) is 3.51. The number of hydrogen-bond donors (Lipinski definition) is 1. The molecule has 3 unspecified atom stereocenters. The maximum atomic E-state index is 11.9. The minimum Gasteiger partial charge on any atom is -0.465 e. The minimum absolute atomic E-state index is 0.0921. The summed E-state index contributed by atoms with van der Waals surface area (Å²) in [5.74, 6) is 0.489. The van der Waals surface area contributed by atoms with Gasteiger partial charge in [0, 0.05) is 12.6 Å². The molecule has 0 saturated carbocycles. The third kappa shape index (κ3) is 4.58. The molecule has 0 amide bonds. The Morgan fingerprint density at radius 3 is 2.78 bits per heavy atom. The van der Waals surface area contributed by atoms with E-state index < -0.39 is 0 Å². The van der Waals surface area contributed by atoms with Crippen molar-refractivity contribution in [2.45, 2.75) is 52.1 Å². The first-order valence-electron chi connectivity index (χ1n) is 7.19. The van der Waals surface area contributed by atoms with Crippen LogP contribution >= 0.6 is 0 Å². The van der Waals surface area contributed by atoms with Crippen LogP contribution in [0.25, 0.3) is 0 Å². The molecule has 0 aromatic rings. The van der Waals surface area contributed by atoms with E-state index in [4.69, 9.17) is 4.74 Å². The molecule has 0 radical (unpaired) electrons. The van der Waals surface area contributed by atoms with Gasteiger partial charge in [0.1, 0.15) is 6.04 Å². The summed E-state index contributed by atoms with van der Waals surface area (Å²) in [4.78, 5) is 14.2. The topological polar surface area (TPSA) is 41.6 Å². The zero-order valence-corrected chi connectivity index (χ0v) is 12.2. The van der Waals surface area contributed by atoms with Crippen LogP contribution in [-0.4, -0.2) is 49.7 Å². The molecule has 1 aliphatic rings. The van der Waals surface area contributed by atoms with Crippen LogP contribution in [0, 0.1) is 5.92 Å². The molecule has 1 aliphatic heterocycles. The molecule has 3 atom stereocenters. The number of hydrogen-bond acceptors (Lipinski definition) is 4. The van der Waals surface area contributed by atoms with Gasteiger partial charge in [0.2, 0.25) is 0 Å². The van der Waals surface area contributed by atoms with E-state index in [1.807, 2.05) is 6.92 Å². The molecule has 1 fully saturated rings. The second-order valence-corrected chi connectivity index (χ2v) is 5.39. The van der Waals surface area contributed by atoms with Gasteiger partial charge in [0.05, 0.1) is 6.61 Å². The van der Waals surface area contributed by atoms with Gasteiger partial charge in [-0.05, 0) is 39.3 Å². The average Bonchev–Trinajstić information content (AvgIpc) is 2.32. The summed E-state index contributed by atoms with van der Waals surface area (Å²) in [7, 11) is 2.15. The number of carbonyl (C=O) groups excluding carboxylic acids is 1. The van der Waals surface area contributed by atoms with Gasteiger partial charge in [-0.25, -0.2) is 0 Å². The predicted molar refractivity (Wildman–Crippen MR) is 73.5 cm³/mol. The molecule has 1 N–H and O–H groups in total. The largest absolute Gasteiger partial charge is 0.465 e. The van der Waals surface area contributed by atoms with Crippen molar-refractivity contribution in [1.82, 2.24) is 10.2 Å². The molecular formula is C14H28N2O2. The number of ether oxygens (including phenoxy) is 1. The highest BCUT2D eigenvalue weighted by Crippen LogP contribution is 2.17. The van der Waals surface area contributed by atoms with Crippen LogP contribution < -0.4 is 5.32 Å². The first-order chi connectivity index (χ1) is 8.58. The van der Waals surface area contributed by atoms with Gasteiger partial charge in [-0.3, -0.25) is 4.79 Å². The van der Waals surface area contributed by atoms with Gasteiger partial charge in [0.25, 0.3) is 0 Å². The zero-order chi connectivity index (χ0) is 13.5. The highest BCUT2D eigenvalue weighted by molar-refractivity contribution is 5.75. The van der Waals surface area contributed by atoms with Crippen molar-refractivity contribution in [1.29, 1.82) is 0 Å². The number of esters is 1. The predicted octanol–water partition coefficient (Wildman–Crippen LogP) is 1.65. The van der Waals surface area contributed by atoms with Crippen LogP contribution in [0.5, 0.6) is 0 Å². The lowest BCUT2D eigenvalue weighted by Gasteiger charge is -2.37. The van der Waals surface area contributed by atoms with E-state index in [-0.39, 0.29) is 12.0 Å². The van der Waals surface area contributed by atoms with Crippen molar-refractivity contribution in [2.75, 3.05) is 26.7 Å². The quantitative estimate of drug-likeness (QED) is 0.734. The smallest absolute Gasteiger partial charge is 0.323 e. The van der Waals surface area contributed by atoms with Crippen molar-refractivity contribution < 1.29 is 9.53 Å². The van der Waals surface area contributed by atoms with Gasteiger partial charge in [-0.15, -0.1) is 0 Å². The standard InChI is InChI=1S/C14H28N2O2/c1-5-7-13(14(17)18-6-2)15-12-8-9-16(4)10-11(12)3/h11-13,15H,5-10H2,1-4H3. The Bertz CT molecular complexity index is 258. The van der Waals surface area contributed by atoms with Crippen molar-refractivity contribution in [2.24, 2.45) is 5.92 Å². The second kappa shape index (κ2) is 7.74. The lowest BCUT2D eigenvalue weighted by atomic mass is 9.93.